The van der Waals surface area contributed by atoms with Crippen molar-refractivity contribution < 1.29 is 23.8 Å². The van der Waals surface area contributed by atoms with Crippen LogP contribution in [0.4, 0.5) is 4.39 Å². The predicted octanol–water partition coefficient (Wildman–Crippen LogP) is 2.15. The highest BCUT2D eigenvalue weighted by molar-refractivity contribution is 6.02. The third-order valence-corrected chi connectivity index (χ3v) is 5.47. The van der Waals surface area contributed by atoms with E-state index in [2.05, 4.69) is 4.99 Å². The molecule has 1 N–H and O–H groups in total. The van der Waals surface area contributed by atoms with Gasteiger partial charge < -0.3 is 14.7 Å². The van der Waals surface area contributed by atoms with Gasteiger partial charge in [-0.25, -0.2) is 4.39 Å². The molecule has 3 rings (SSSR count). The number of piperidine rings is 1. The first-order valence-corrected chi connectivity index (χ1v) is 9.28. The Hall–Kier alpha value is -2.28. The SMILES string of the molecule is COCC(=O)N1CC[C@@H](CC(=O)O)[C@@H](CC2=NCCc3cc(F)ccc32)C1. The van der Waals surface area contributed by atoms with Crippen molar-refractivity contribution in [3.63, 3.8) is 0 Å². The van der Waals surface area contributed by atoms with Crippen LogP contribution in [-0.4, -0.2) is 60.9 Å². The molecule has 0 aromatic heterocycles. The van der Waals surface area contributed by atoms with Crippen LogP contribution >= 0.6 is 0 Å². The average molecular weight is 376 g/mol. The summed E-state index contributed by atoms with van der Waals surface area (Å²) in [5.41, 5.74) is 2.77. The van der Waals surface area contributed by atoms with Gasteiger partial charge in [-0.15, -0.1) is 0 Å². The number of fused-ring (bicyclic) bond motifs is 1. The molecule has 2 aliphatic heterocycles. The molecular weight excluding hydrogens is 351 g/mol. The van der Waals surface area contributed by atoms with Gasteiger partial charge in [0.15, 0.2) is 0 Å². The predicted molar refractivity (Wildman–Crippen MR) is 98.4 cm³/mol. The standard InChI is InChI=1S/C20H25FN2O4/c1-27-12-19(24)23-7-5-13(10-20(25)26)15(11-23)9-18-17-3-2-16(21)8-14(17)4-6-22-18/h2-3,8,13,15H,4-7,9-12H2,1H3,(H,25,26)/t13-,15-/m0/s1. The van der Waals surface area contributed by atoms with Crippen molar-refractivity contribution in [2.45, 2.75) is 25.7 Å². The van der Waals surface area contributed by atoms with Gasteiger partial charge in [0.1, 0.15) is 12.4 Å². The lowest BCUT2D eigenvalue weighted by molar-refractivity contribution is -0.140. The third kappa shape index (κ3) is 4.71. The number of carboxylic acids is 1. The molecule has 2 atom stereocenters. The van der Waals surface area contributed by atoms with E-state index in [9.17, 15) is 19.1 Å². The van der Waals surface area contributed by atoms with E-state index in [4.69, 9.17) is 4.74 Å². The molecule has 1 saturated heterocycles. The number of halogens is 1. The molecule has 1 aromatic rings. The third-order valence-electron chi connectivity index (χ3n) is 5.47. The molecule has 0 bridgehead atoms. The van der Waals surface area contributed by atoms with E-state index in [0.29, 0.717) is 38.9 Å². The topological polar surface area (TPSA) is 79.2 Å². The average Bonchev–Trinajstić information content (AvgIpc) is 2.63. The Morgan fingerprint density at radius 3 is 2.93 bits per heavy atom. The highest BCUT2D eigenvalue weighted by Gasteiger charge is 2.34. The first-order chi connectivity index (χ1) is 13.0. The Morgan fingerprint density at radius 1 is 1.37 bits per heavy atom. The van der Waals surface area contributed by atoms with E-state index in [0.717, 1.165) is 16.8 Å². The zero-order valence-corrected chi connectivity index (χ0v) is 15.5. The maximum atomic E-state index is 13.5. The number of likely N-dealkylation sites (tertiary alicyclic amines) is 1. The van der Waals surface area contributed by atoms with Gasteiger partial charge >= 0.3 is 5.97 Å². The van der Waals surface area contributed by atoms with Crippen LogP contribution in [0.1, 0.15) is 30.4 Å². The van der Waals surface area contributed by atoms with Gasteiger partial charge in [0, 0.05) is 38.9 Å². The molecule has 1 fully saturated rings. The Kier molecular flexibility index (Phi) is 6.21. The molecule has 0 spiro atoms. The number of carboxylic acid groups (broad SMARTS) is 1. The van der Waals surface area contributed by atoms with Crippen LogP contribution in [0.2, 0.25) is 0 Å². The monoisotopic (exact) mass is 376 g/mol. The van der Waals surface area contributed by atoms with Crippen molar-refractivity contribution in [3.8, 4) is 0 Å². The number of aliphatic imine (C=N–C) groups is 1. The number of carbonyl (C=O) groups excluding carboxylic acids is 1. The minimum absolute atomic E-state index is 0.00501. The van der Waals surface area contributed by atoms with E-state index < -0.39 is 5.97 Å². The van der Waals surface area contributed by atoms with Gasteiger partial charge in [0.2, 0.25) is 5.91 Å². The highest BCUT2D eigenvalue weighted by atomic mass is 19.1. The number of aliphatic carboxylic acids is 1. The maximum Gasteiger partial charge on any atom is 0.303 e. The molecule has 7 heteroatoms. The molecule has 0 saturated carbocycles. The molecule has 0 radical (unpaired) electrons. The number of benzene rings is 1. The van der Waals surface area contributed by atoms with Crippen molar-refractivity contribution in [1.29, 1.82) is 0 Å². The fraction of sp³-hybridized carbons (Fsp3) is 0.550. The summed E-state index contributed by atoms with van der Waals surface area (Å²) in [6.45, 7) is 1.67. The van der Waals surface area contributed by atoms with E-state index in [-0.39, 0.29) is 36.6 Å². The largest absolute Gasteiger partial charge is 0.481 e. The lowest BCUT2D eigenvalue weighted by Crippen LogP contribution is -2.46. The molecule has 0 aliphatic carbocycles. The fourth-order valence-electron chi connectivity index (χ4n) is 4.12. The minimum Gasteiger partial charge on any atom is -0.481 e. The molecule has 0 unspecified atom stereocenters. The summed E-state index contributed by atoms with van der Waals surface area (Å²) in [7, 11) is 1.49. The van der Waals surface area contributed by atoms with Crippen LogP contribution in [0.25, 0.3) is 0 Å². The number of hydrogen-bond donors (Lipinski definition) is 1. The van der Waals surface area contributed by atoms with Gasteiger partial charge in [-0.2, -0.15) is 0 Å². The smallest absolute Gasteiger partial charge is 0.303 e. The number of rotatable bonds is 6. The molecule has 6 nitrogen and oxygen atoms in total. The zero-order valence-electron chi connectivity index (χ0n) is 15.5. The second kappa shape index (κ2) is 8.61. The van der Waals surface area contributed by atoms with Crippen molar-refractivity contribution in [1.82, 2.24) is 4.90 Å². The van der Waals surface area contributed by atoms with Crippen molar-refractivity contribution >= 4 is 17.6 Å². The lowest BCUT2D eigenvalue weighted by atomic mass is 9.78. The molecule has 2 aliphatic rings. The summed E-state index contributed by atoms with van der Waals surface area (Å²) in [5, 5.41) is 9.26. The van der Waals surface area contributed by atoms with Crippen LogP contribution in [0, 0.1) is 17.7 Å². The fourth-order valence-corrected chi connectivity index (χ4v) is 4.12. The van der Waals surface area contributed by atoms with Gasteiger partial charge in [-0.1, -0.05) is 0 Å². The van der Waals surface area contributed by atoms with Gasteiger partial charge in [-0.3, -0.25) is 14.6 Å². The second-order valence-corrected chi connectivity index (χ2v) is 7.26. The summed E-state index contributed by atoms with van der Waals surface area (Å²) >= 11 is 0. The summed E-state index contributed by atoms with van der Waals surface area (Å²) in [6, 6.07) is 4.74. The summed E-state index contributed by atoms with van der Waals surface area (Å²) in [5.74, 6) is -1.17. The number of ether oxygens (including phenoxy) is 1. The first-order valence-electron chi connectivity index (χ1n) is 9.28. The molecule has 146 valence electrons. The summed E-state index contributed by atoms with van der Waals surface area (Å²) < 4.78 is 18.5. The summed E-state index contributed by atoms with van der Waals surface area (Å²) in [4.78, 5) is 29.9. The van der Waals surface area contributed by atoms with Gasteiger partial charge in [0.05, 0.1) is 0 Å². The second-order valence-electron chi connectivity index (χ2n) is 7.26. The normalized spacial score (nSPS) is 22.1. The molecular formula is C20H25FN2O4. The minimum atomic E-state index is -0.824. The van der Waals surface area contributed by atoms with E-state index in [1.807, 2.05) is 0 Å². The van der Waals surface area contributed by atoms with E-state index in [1.165, 1.54) is 13.2 Å². The lowest BCUT2D eigenvalue weighted by Gasteiger charge is -2.38. The van der Waals surface area contributed by atoms with Crippen LogP contribution in [0.3, 0.4) is 0 Å². The quantitative estimate of drug-likeness (QED) is 0.825. The van der Waals surface area contributed by atoms with Crippen LogP contribution in [0.5, 0.6) is 0 Å². The van der Waals surface area contributed by atoms with Gasteiger partial charge in [0.25, 0.3) is 0 Å². The van der Waals surface area contributed by atoms with Crippen LogP contribution in [0.15, 0.2) is 23.2 Å². The molecule has 1 aromatic carbocycles. The van der Waals surface area contributed by atoms with E-state index in [1.54, 1.807) is 17.0 Å². The Bertz CT molecular complexity index is 749. The Morgan fingerprint density at radius 2 is 2.19 bits per heavy atom. The molecule has 2 heterocycles. The number of hydrogen-bond acceptors (Lipinski definition) is 4. The first kappa shape index (κ1) is 19.5. The van der Waals surface area contributed by atoms with Crippen LogP contribution < -0.4 is 0 Å². The van der Waals surface area contributed by atoms with Crippen LogP contribution in [-0.2, 0) is 20.7 Å². The zero-order chi connectivity index (χ0) is 19.4. The summed E-state index contributed by atoms with van der Waals surface area (Å²) in [6.07, 6.45) is 2.03. The number of nitrogens with zero attached hydrogens (tertiary/aromatic N) is 2. The Balaban J connectivity index is 1.79. The number of methoxy groups -OCH3 is 1. The number of amides is 1. The van der Waals surface area contributed by atoms with Crippen molar-refractivity contribution in [2.24, 2.45) is 16.8 Å². The Labute approximate surface area is 158 Å². The highest BCUT2D eigenvalue weighted by Crippen LogP contribution is 2.32. The maximum absolute atomic E-state index is 13.5. The molecule has 1 amide bonds. The van der Waals surface area contributed by atoms with E-state index >= 15 is 0 Å². The molecule has 27 heavy (non-hydrogen) atoms. The van der Waals surface area contributed by atoms with Crippen molar-refractivity contribution in [2.75, 3.05) is 33.4 Å². The number of carbonyl (C=O) groups is 2. The van der Waals surface area contributed by atoms with Crippen molar-refractivity contribution in [3.05, 3.63) is 35.1 Å². The van der Waals surface area contributed by atoms with Gasteiger partial charge in [-0.05, 0) is 60.4 Å².